The van der Waals surface area contributed by atoms with E-state index in [0.717, 1.165) is 12.8 Å². The van der Waals surface area contributed by atoms with E-state index in [4.69, 9.17) is 0 Å². The van der Waals surface area contributed by atoms with Gasteiger partial charge in [0, 0.05) is 10.5 Å². The highest BCUT2D eigenvalue weighted by Gasteiger charge is 2.31. The van der Waals surface area contributed by atoms with Crippen molar-refractivity contribution in [2.45, 2.75) is 24.0 Å². The van der Waals surface area contributed by atoms with Gasteiger partial charge in [0.2, 0.25) is 5.91 Å². The van der Waals surface area contributed by atoms with Crippen molar-refractivity contribution in [3.8, 4) is 11.4 Å². The first-order chi connectivity index (χ1) is 13.5. The predicted octanol–water partition coefficient (Wildman–Crippen LogP) is 5.05. The number of nitrogens with zero attached hydrogens (tertiary/aromatic N) is 3. The molecule has 0 atom stereocenters. The summed E-state index contributed by atoms with van der Waals surface area (Å²) in [5.41, 5.74) is 0.500. The van der Waals surface area contributed by atoms with Crippen LogP contribution in [0.5, 0.6) is 0 Å². The number of rotatable bonds is 6. The Morgan fingerprint density at radius 2 is 1.96 bits per heavy atom. The van der Waals surface area contributed by atoms with E-state index >= 15 is 0 Å². The monoisotopic (exact) mass is 464 g/mol. The molecule has 0 saturated heterocycles. The maximum absolute atomic E-state index is 14.2. The SMILES string of the molecule is O=C(CSc1nnc(-c2ccccc2F)n1C1CC1)Nc1ccc(Br)cc1F. The molecule has 1 heterocycles. The molecular weight excluding hydrogens is 450 g/mol. The molecule has 4 rings (SSSR count). The van der Waals surface area contributed by atoms with Gasteiger partial charge in [-0.2, -0.15) is 0 Å². The minimum absolute atomic E-state index is 0.0393. The molecule has 144 valence electrons. The fourth-order valence-corrected chi connectivity index (χ4v) is 3.91. The van der Waals surface area contributed by atoms with Crippen LogP contribution in [0.25, 0.3) is 11.4 Å². The molecule has 1 aliphatic carbocycles. The number of carbonyl (C=O) groups excluding carboxylic acids is 1. The van der Waals surface area contributed by atoms with E-state index in [0.29, 0.717) is 21.0 Å². The Morgan fingerprint density at radius 3 is 2.68 bits per heavy atom. The van der Waals surface area contributed by atoms with Gasteiger partial charge >= 0.3 is 0 Å². The number of nitrogens with one attached hydrogen (secondary N) is 1. The lowest BCUT2D eigenvalue weighted by molar-refractivity contribution is -0.113. The van der Waals surface area contributed by atoms with Crippen LogP contribution >= 0.6 is 27.7 Å². The molecule has 0 spiro atoms. The summed E-state index contributed by atoms with van der Waals surface area (Å²) in [6.07, 6.45) is 1.92. The van der Waals surface area contributed by atoms with E-state index in [1.54, 1.807) is 24.3 Å². The molecule has 1 aliphatic rings. The summed E-state index contributed by atoms with van der Waals surface area (Å²) in [5, 5.41) is 11.4. The van der Waals surface area contributed by atoms with E-state index in [-0.39, 0.29) is 29.2 Å². The third-order valence-electron chi connectivity index (χ3n) is 4.23. The number of benzene rings is 2. The molecule has 0 radical (unpaired) electrons. The molecule has 1 fully saturated rings. The van der Waals surface area contributed by atoms with Crippen LogP contribution in [0.3, 0.4) is 0 Å². The molecule has 1 aromatic heterocycles. The first-order valence-electron chi connectivity index (χ1n) is 8.60. The van der Waals surface area contributed by atoms with Crippen molar-refractivity contribution in [3.63, 3.8) is 0 Å². The minimum Gasteiger partial charge on any atom is -0.323 e. The zero-order valence-corrected chi connectivity index (χ0v) is 16.9. The molecule has 1 N–H and O–H groups in total. The van der Waals surface area contributed by atoms with Gasteiger partial charge in [-0.3, -0.25) is 9.36 Å². The minimum atomic E-state index is -0.518. The number of aromatic nitrogens is 3. The highest BCUT2D eigenvalue weighted by molar-refractivity contribution is 9.10. The molecule has 2 aromatic carbocycles. The summed E-state index contributed by atoms with van der Waals surface area (Å²) in [6.45, 7) is 0. The van der Waals surface area contributed by atoms with Crippen molar-refractivity contribution in [3.05, 3.63) is 58.6 Å². The summed E-state index contributed by atoms with van der Waals surface area (Å²) < 4.78 is 30.5. The molecule has 3 aromatic rings. The van der Waals surface area contributed by atoms with Crippen LogP contribution in [0.1, 0.15) is 18.9 Å². The largest absolute Gasteiger partial charge is 0.323 e. The number of thioether (sulfide) groups is 1. The first kappa shape index (κ1) is 19.1. The summed E-state index contributed by atoms with van der Waals surface area (Å²) in [7, 11) is 0. The summed E-state index contributed by atoms with van der Waals surface area (Å²) in [6, 6.07) is 11.0. The van der Waals surface area contributed by atoms with Crippen LogP contribution in [0.2, 0.25) is 0 Å². The molecular formula is C19H15BrF2N4OS. The zero-order chi connectivity index (χ0) is 19.7. The molecule has 5 nitrogen and oxygen atoms in total. The van der Waals surface area contributed by atoms with E-state index < -0.39 is 5.82 Å². The number of anilines is 1. The quantitative estimate of drug-likeness (QED) is 0.518. The van der Waals surface area contributed by atoms with Crippen LogP contribution in [-0.2, 0) is 4.79 Å². The fourth-order valence-electron chi connectivity index (χ4n) is 2.77. The third-order valence-corrected chi connectivity index (χ3v) is 5.67. The average Bonchev–Trinajstić information content (AvgIpc) is 3.42. The Morgan fingerprint density at radius 1 is 1.18 bits per heavy atom. The van der Waals surface area contributed by atoms with Gasteiger partial charge in [0.15, 0.2) is 11.0 Å². The fraction of sp³-hybridized carbons (Fsp3) is 0.211. The smallest absolute Gasteiger partial charge is 0.234 e. The molecule has 1 amide bonds. The third kappa shape index (κ3) is 4.10. The summed E-state index contributed by atoms with van der Waals surface area (Å²) >= 11 is 4.37. The molecule has 28 heavy (non-hydrogen) atoms. The average molecular weight is 465 g/mol. The van der Waals surface area contributed by atoms with E-state index in [1.807, 2.05) is 4.57 Å². The number of hydrogen-bond acceptors (Lipinski definition) is 4. The van der Waals surface area contributed by atoms with Gasteiger partial charge < -0.3 is 5.32 Å². The standard InChI is InChI=1S/C19H15BrF2N4OS/c20-11-5-8-16(15(22)9-11)23-17(27)10-28-19-25-24-18(26(19)12-6-7-12)13-3-1-2-4-14(13)21/h1-5,8-9,12H,6-7,10H2,(H,23,27). The van der Waals surface area contributed by atoms with Gasteiger partial charge in [0.1, 0.15) is 11.6 Å². The van der Waals surface area contributed by atoms with Crippen molar-refractivity contribution < 1.29 is 13.6 Å². The maximum atomic E-state index is 14.2. The number of carbonyl (C=O) groups is 1. The Hall–Kier alpha value is -2.26. The van der Waals surface area contributed by atoms with Gasteiger partial charge in [-0.25, -0.2) is 8.78 Å². The van der Waals surface area contributed by atoms with E-state index in [9.17, 15) is 13.6 Å². The summed E-state index contributed by atoms with van der Waals surface area (Å²) in [4.78, 5) is 12.2. The van der Waals surface area contributed by atoms with E-state index in [1.165, 1.54) is 30.0 Å². The second kappa shape index (κ2) is 8.00. The Labute approximate surface area is 172 Å². The second-order valence-electron chi connectivity index (χ2n) is 6.35. The normalized spacial score (nSPS) is 13.5. The first-order valence-corrected chi connectivity index (χ1v) is 10.4. The van der Waals surface area contributed by atoms with Gasteiger partial charge in [-0.05, 0) is 43.2 Å². The van der Waals surface area contributed by atoms with Crippen LogP contribution < -0.4 is 5.32 Å². The Balaban J connectivity index is 1.49. The van der Waals surface area contributed by atoms with Gasteiger partial charge in [0.05, 0.1) is 17.0 Å². The molecule has 1 saturated carbocycles. The zero-order valence-electron chi connectivity index (χ0n) is 14.5. The van der Waals surface area contributed by atoms with Crippen molar-refractivity contribution >= 4 is 39.3 Å². The maximum Gasteiger partial charge on any atom is 0.234 e. The summed E-state index contributed by atoms with van der Waals surface area (Å²) in [5.74, 6) is -0.739. The number of hydrogen-bond donors (Lipinski definition) is 1. The Kier molecular flexibility index (Phi) is 5.45. The molecule has 0 aliphatic heterocycles. The van der Waals surface area contributed by atoms with Crippen LogP contribution in [-0.4, -0.2) is 26.4 Å². The predicted molar refractivity (Wildman–Crippen MR) is 107 cm³/mol. The number of halogens is 3. The van der Waals surface area contributed by atoms with Crippen LogP contribution in [0, 0.1) is 11.6 Å². The van der Waals surface area contributed by atoms with Gasteiger partial charge in [0.25, 0.3) is 0 Å². The topological polar surface area (TPSA) is 59.8 Å². The van der Waals surface area contributed by atoms with Crippen LogP contribution in [0.15, 0.2) is 52.1 Å². The van der Waals surface area contributed by atoms with Gasteiger partial charge in [-0.1, -0.05) is 39.8 Å². The van der Waals surface area contributed by atoms with Crippen LogP contribution in [0.4, 0.5) is 14.5 Å². The van der Waals surface area contributed by atoms with Crippen molar-refractivity contribution in [1.82, 2.24) is 14.8 Å². The molecule has 0 unspecified atom stereocenters. The highest BCUT2D eigenvalue weighted by atomic mass is 79.9. The lowest BCUT2D eigenvalue weighted by Crippen LogP contribution is -2.15. The lowest BCUT2D eigenvalue weighted by atomic mass is 10.2. The van der Waals surface area contributed by atoms with Crippen molar-refractivity contribution in [2.75, 3.05) is 11.1 Å². The molecule has 9 heteroatoms. The number of amides is 1. The molecule has 0 bridgehead atoms. The van der Waals surface area contributed by atoms with Crippen molar-refractivity contribution in [1.29, 1.82) is 0 Å². The Bertz CT molecular complexity index is 1040. The van der Waals surface area contributed by atoms with E-state index in [2.05, 4.69) is 31.4 Å². The van der Waals surface area contributed by atoms with Gasteiger partial charge in [-0.15, -0.1) is 10.2 Å². The second-order valence-corrected chi connectivity index (χ2v) is 8.21. The van der Waals surface area contributed by atoms with Crippen molar-refractivity contribution in [2.24, 2.45) is 0 Å². The lowest BCUT2D eigenvalue weighted by Gasteiger charge is -2.10. The highest BCUT2D eigenvalue weighted by Crippen LogP contribution is 2.41.